The highest BCUT2D eigenvalue weighted by Crippen LogP contribution is 2.25. The highest BCUT2D eigenvalue weighted by Gasteiger charge is 2.38. The third-order valence-electron chi connectivity index (χ3n) is 3.00. The first kappa shape index (κ1) is 15.6. The summed E-state index contributed by atoms with van der Waals surface area (Å²) in [6, 6.07) is -1.04. The van der Waals surface area contributed by atoms with E-state index in [-0.39, 0.29) is 12.0 Å². The molecular formula is C11H17F3N2O3. The van der Waals surface area contributed by atoms with Crippen LogP contribution in [0.2, 0.25) is 0 Å². The fourth-order valence-electron chi connectivity index (χ4n) is 2.32. The van der Waals surface area contributed by atoms with Crippen LogP contribution in [0.25, 0.3) is 0 Å². The Labute approximate surface area is 109 Å². The molecule has 1 aliphatic heterocycles. The zero-order chi connectivity index (χ0) is 14.8. The highest BCUT2D eigenvalue weighted by atomic mass is 19.4. The van der Waals surface area contributed by atoms with Gasteiger partial charge < -0.3 is 14.9 Å². The highest BCUT2D eigenvalue weighted by molar-refractivity contribution is 5.80. The third-order valence-corrected chi connectivity index (χ3v) is 3.00. The maximum Gasteiger partial charge on any atom is 0.406 e. The lowest BCUT2D eigenvalue weighted by atomic mass is 10.1. The number of amides is 2. The number of rotatable bonds is 3. The second kappa shape index (κ2) is 5.66. The van der Waals surface area contributed by atoms with Gasteiger partial charge in [0.2, 0.25) is 0 Å². The van der Waals surface area contributed by atoms with E-state index >= 15 is 0 Å². The van der Waals surface area contributed by atoms with Crippen LogP contribution in [0, 0.1) is 5.92 Å². The van der Waals surface area contributed by atoms with Crippen molar-refractivity contribution in [1.82, 2.24) is 9.80 Å². The molecule has 1 rings (SSSR count). The van der Waals surface area contributed by atoms with Gasteiger partial charge >= 0.3 is 18.2 Å². The molecule has 2 unspecified atom stereocenters. The van der Waals surface area contributed by atoms with Crippen molar-refractivity contribution in [3.8, 4) is 0 Å². The Morgan fingerprint density at radius 2 is 1.95 bits per heavy atom. The minimum Gasteiger partial charge on any atom is -0.480 e. The first-order valence-electron chi connectivity index (χ1n) is 5.94. The standard InChI is InChI=1S/C11H17F3N2O3/c1-7-3-8(2)16(4-7)10(19)15(5-9(17)18)6-11(12,13)14/h7-8H,3-6H2,1-2H3,(H,17,18). The van der Waals surface area contributed by atoms with Crippen LogP contribution in [0.4, 0.5) is 18.0 Å². The molecule has 1 saturated heterocycles. The van der Waals surface area contributed by atoms with Crippen LogP contribution in [0.1, 0.15) is 20.3 Å². The summed E-state index contributed by atoms with van der Waals surface area (Å²) >= 11 is 0. The van der Waals surface area contributed by atoms with Gasteiger partial charge in [-0.15, -0.1) is 0 Å². The molecule has 0 aromatic carbocycles. The number of carboxylic acids is 1. The maximum absolute atomic E-state index is 12.4. The summed E-state index contributed by atoms with van der Waals surface area (Å²) in [6.07, 6.45) is -3.90. The van der Waals surface area contributed by atoms with Gasteiger partial charge in [0.05, 0.1) is 0 Å². The van der Waals surface area contributed by atoms with Crippen LogP contribution in [0.15, 0.2) is 0 Å². The van der Waals surface area contributed by atoms with E-state index < -0.39 is 31.3 Å². The first-order valence-corrected chi connectivity index (χ1v) is 5.94. The summed E-state index contributed by atoms with van der Waals surface area (Å²) < 4.78 is 37.1. The summed E-state index contributed by atoms with van der Waals surface area (Å²) in [4.78, 5) is 24.2. The number of likely N-dealkylation sites (tertiary alicyclic amines) is 1. The Bertz CT molecular complexity index is 360. The van der Waals surface area contributed by atoms with E-state index in [0.29, 0.717) is 17.9 Å². The second-order valence-corrected chi connectivity index (χ2v) is 4.99. The van der Waals surface area contributed by atoms with Gasteiger partial charge in [0, 0.05) is 12.6 Å². The molecule has 2 atom stereocenters. The van der Waals surface area contributed by atoms with Gasteiger partial charge in [-0.1, -0.05) is 6.92 Å². The molecule has 1 fully saturated rings. The molecule has 2 amide bonds. The van der Waals surface area contributed by atoms with E-state index in [0.717, 1.165) is 0 Å². The summed E-state index contributed by atoms with van der Waals surface area (Å²) in [6.45, 7) is 1.50. The predicted octanol–water partition coefficient (Wildman–Crippen LogP) is 1.79. The number of carbonyl (C=O) groups is 2. The molecule has 1 heterocycles. The smallest absolute Gasteiger partial charge is 0.406 e. The topological polar surface area (TPSA) is 60.9 Å². The molecule has 1 aliphatic rings. The molecule has 0 bridgehead atoms. The number of carbonyl (C=O) groups excluding carboxylic acids is 1. The lowest BCUT2D eigenvalue weighted by Gasteiger charge is -2.30. The van der Waals surface area contributed by atoms with Crippen LogP contribution in [0.5, 0.6) is 0 Å². The van der Waals surface area contributed by atoms with Crippen molar-refractivity contribution in [3.63, 3.8) is 0 Å². The molecular weight excluding hydrogens is 265 g/mol. The quantitative estimate of drug-likeness (QED) is 0.858. The lowest BCUT2D eigenvalue weighted by Crippen LogP contribution is -2.49. The minimum atomic E-state index is -4.61. The Morgan fingerprint density at radius 3 is 2.32 bits per heavy atom. The number of nitrogens with zero attached hydrogens (tertiary/aromatic N) is 2. The molecule has 0 spiro atoms. The average molecular weight is 282 g/mol. The van der Waals surface area contributed by atoms with Crippen LogP contribution in [-0.2, 0) is 4.79 Å². The Balaban J connectivity index is 2.79. The van der Waals surface area contributed by atoms with Crippen molar-refractivity contribution in [2.45, 2.75) is 32.5 Å². The van der Waals surface area contributed by atoms with Gasteiger partial charge in [-0.3, -0.25) is 4.79 Å². The molecule has 0 aromatic rings. The van der Waals surface area contributed by atoms with Crippen LogP contribution >= 0.6 is 0 Å². The number of alkyl halides is 3. The number of carboxylic acid groups (broad SMARTS) is 1. The predicted molar refractivity (Wildman–Crippen MR) is 60.6 cm³/mol. The number of urea groups is 1. The van der Waals surface area contributed by atoms with E-state index in [9.17, 15) is 22.8 Å². The van der Waals surface area contributed by atoms with Gasteiger partial charge in [-0.25, -0.2) is 4.79 Å². The van der Waals surface area contributed by atoms with E-state index in [1.807, 2.05) is 6.92 Å². The maximum atomic E-state index is 12.4. The van der Waals surface area contributed by atoms with Crippen molar-refractivity contribution < 1.29 is 27.9 Å². The number of hydrogen-bond acceptors (Lipinski definition) is 2. The van der Waals surface area contributed by atoms with Gasteiger partial charge in [0.25, 0.3) is 0 Å². The number of hydrogen-bond donors (Lipinski definition) is 1. The lowest BCUT2D eigenvalue weighted by molar-refractivity contribution is -0.149. The fourth-order valence-corrected chi connectivity index (χ4v) is 2.32. The van der Waals surface area contributed by atoms with E-state index in [1.54, 1.807) is 6.92 Å². The largest absolute Gasteiger partial charge is 0.480 e. The SMILES string of the molecule is CC1CC(C)N(C(=O)N(CC(=O)O)CC(F)(F)F)C1. The molecule has 5 nitrogen and oxygen atoms in total. The van der Waals surface area contributed by atoms with Gasteiger partial charge in [-0.2, -0.15) is 13.2 Å². The van der Waals surface area contributed by atoms with Crippen molar-refractivity contribution in [2.24, 2.45) is 5.92 Å². The van der Waals surface area contributed by atoms with Gasteiger partial charge in [0.15, 0.2) is 0 Å². The van der Waals surface area contributed by atoms with Gasteiger partial charge in [0.1, 0.15) is 13.1 Å². The molecule has 0 saturated carbocycles. The first-order chi connectivity index (χ1) is 8.60. The van der Waals surface area contributed by atoms with Crippen molar-refractivity contribution in [3.05, 3.63) is 0 Å². The molecule has 110 valence electrons. The Kier molecular flexibility index (Phi) is 4.65. The number of halogens is 3. The zero-order valence-corrected chi connectivity index (χ0v) is 10.8. The van der Waals surface area contributed by atoms with Crippen molar-refractivity contribution in [1.29, 1.82) is 0 Å². The van der Waals surface area contributed by atoms with E-state index in [2.05, 4.69) is 0 Å². The van der Waals surface area contributed by atoms with Crippen LogP contribution in [0.3, 0.4) is 0 Å². The second-order valence-electron chi connectivity index (χ2n) is 4.99. The summed E-state index contributed by atoms with van der Waals surface area (Å²) in [5.74, 6) is -1.26. The molecule has 1 N–H and O–H groups in total. The van der Waals surface area contributed by atoms with E-state index in [1.165, 1.54) is 4.90 Å². The Hall–Kier alpha value is -1.47. The Morgan fingerprint density at radius 1 is 1.37 bits per heavy atom. The molecule has 19 heavy (non-hydrogen) atoms. The minimum absolute atomic E-state index is 0.174. The normalized spacial score (nSPS) is 23.5. The molecule has 0 radical (unpaired) electrons. The van der Waals surface area contributed by atoms with Crippen LogP contribution in [-0.4, -0.2) is 58.8 Å². The summed E-state index contributed by atoms with van der Waals surface area (Å²) in [7, 11) is 0. The van der Waals surface area contributed by atoms with Crippen molar-refractivity contribution in [2.75, 3.05) is 19.6 Å². The average Bonchev–Trinajstić information content (AvgIpc) is 2.53. The van der Waals surface area contributed by atoms with Gasteiger partial charge in [-0.05, 0) is 19.3 Å². The van der Waals surface area contributed by atoms with Crippen molar-refractivity contribution >= 4 is 12.0 Å². The summed E-state index contributed by atoms with van der Waals surface area (Å²) in [5.41, 5.74) is 0. The van der Waals surface area contributed by atoms with E-state index in [4.69, 9.17) is 5.11 Å². The monoisotopic (exact) mass is 282 g/mol. The zero-order valence-electron chi connectivity index (χ0n) is 10.8. The van der Waals surface area contributed by atoms with Crippen LogP contribution < -0.4 is 0 Å². The molecule has 8 heteroatoms. The fraction of sp³-hybridized carbons (Fsp3) is 0.818. The number of aliphatic carboxylic acids is 1. The molecule has 0 aromatic heterocycles. The third kappa shape index (κ3) is 4.60. The molecule has 0 aliphatic carbocycles. The summed E-state index contributed by atoms with van der Waals surface area (Å²) in [5, 5.41) is 8.61.